The Morgan fingerprint density at radius 2 is 1.55 bits per heavy atom. The molecule has 1 aliphatic rings. The van der Waals surface area contributed by atoms with Crippen LogP contribution in [0.4, 0.5) is 4.39 Å². The first kappa shape index (κ1) is 19.8. The van der Waals surface area contributed by atoms with Gasteiger partial charge in [-0.25, -0.2) is 12.8 Å². The number of hydrogen-bond acceptors (Lipinski definition) is 3. The summed E-state index contributed by atoms with van der Waals surface area (Å²) in [4.78, 5) is -0.309. The molecule has 0 radical (unpaired) electrons. The highest BCUT2D eigenvalue weighted by Gasteiger charge is 2.35. The summed E-state index contributed by atoms with van der Waals surface area (Å²) in [5.74, 6) is -0.748. The summed E-state index contributed by atoms with van der Waals surface area (Å²) in [5, 5.41) is 0. The number of fused-ring (bicyclic) bond motifs is 1. The third-order valence-corrected chi connectivity index (χ3v) is 7.09. The predicted octanol–water partition coefficient (Wildman–Crippen LogP) is 4.16. The molecule has 150 valence electrons. The zero-order valence-electron chi connectivity index (χ0n) is 15.9. The highest BCUT2D eigenvalue weighted by atomic mass is 32.2. The highest BCUT2D eigenvalue weighted by molar-refractivity contribution is 7.89. The maximum absolute atomic E-state index is 14.4. The van der Waals surface area contributed by atoms with Crippen LogP contribution in [-0.4, -0.2) is 25.4 Å². The van der Waals surface area contributed by atoms with Gasteiger partial charge in [-0.2, -0.15) is 4.31 Å². The van der Waals surface area contributed by atoms with Gasteiger partial charge in [0.05, 0.1) is 19.3 Å². The van der Waals surface area contributed by atoms with E-state index in [2.05, 4.69) is 0 Å². The number of ether oxygens (including phenoxy) is 1. The van der Waals surface area contributed by atoms with Gasteiger partial charge < -0.3 is 4.74 Å². The number of sulfonamides is 1. The Bertz CT molecular complexity index is 1090. The van der Waals surface area contributed by atoms with Crippen molar-refractivity contribution in [1.29, 1.82) is 0 Å². The number of rotatable bonds is 4. The van der Waals surface area contributed by atoms with Crippen molar-refractivity contribution in [2.75, 3.05) is 6.61 Å². The fourth-order valence-corrected chi connectivity index (χ4v) is 5.30. The van der Waals surface area contributed by atoms with Crippen LogP contribution < -0.4 is 0 Å². The molecule has 0 N–H and O–H groups in total. The van der Waals surface area contributed by atoms with Crippen LogP contribution in [0, 0.1) is 5.82 Å². The number of nitrogens with zero attached hydrogens (tertiary/aromatic N) is 1. The maximum Gasteiger partial charge on any atom is 0.246 e. The zero-order valence-corrected chi connectivity index (χ0v) is 16.7. The minimum Gasteiger partial charge on any atom is -0.375 e. The van der Waals surface area contributed by atoms with E-state index in [-0.39, 0.29) is 18.0 Å². The zero-order chi connectivity index (χ0) is 20.3. The minimum atomic E-state index is -4.07. The topological polar surface area (TPSA) is 46.6 Å². The van der Waals surface area contributed by atoms with Gasteiger partial charge in [0.1, 0.15) is 10.7 Å². The van der Waals surface area contributed by atoms with Crippen molar-refractivity contribution in [1.82, 2.24) is 4.31 Å². The van der Waals surface area contributed by atoms with Crippen molar-refractivity contribution >= 4 is 10.0 Å². The van der Waals surface area contributed by atoms with E-state index in [1.54, 1.807) is 0 Å². The molecule has 0 amide bonds. The van der Waals surface area contributed by atoms with E-state index in [9.17, 15) is 12.8 Å². The first-order valence-corrected chi connectivity index (χ1v) is 10.9. The van der Waals surface area contributed by atoms with Crippen LogP contribution in [0.5, 0.6) is 0 Å². The Hall–Kier alpha value is -2.54. The van der Waals surface area contributed by atoms with E-state index in [1.807, 2.05) is 54.6 Å². The molecule has 0 saturated carbocycles. The van der Waals surface area contributed by atoms with Gasteiger partial charge in [0.15, 0.2) is 0 Å². The monoisotopic (exact) mass is 411 g/mol. The molecule has 0 bridgehead atoms. The molecule has 0 fully saturated rings. The summed E-state index contributed by atoms with van der Waals surface area (Å²) in [6.45, 7) is 0.833. The lowest BCUT2D eigenvalue weighted by molar-refractivity contribution is 0.0673. The molecule has 0 saturated heterocycles. The lowest BCUT2D eigenvalue weighted by Gasteiger charge is -2.33. The minimum absolute atomic E-state index is 0.174. The average molecular weight is 411 g/mol. The van der Waals surface area contributed by atoms with Crippen molar-refractivity contribution in [3.8, 4) is 0 Å². The standard InChI is InChI=1S/C23H22FNO3S/c24-22-12-6-7-13-23(22)29(26,27)25-15-19-10-4-5-11-20(19)16-28-17-21(25)14-18-8-2-1-3-9-18/h1-13,21H,14-17H2. The van der Waals surface area contributed by atoms with Gasteiger partial charge in [0.2, 0.25) is 10.0 Å². The van der Waals surface area contributed by atoms with E-state index >= 15 is 0 Å². The first-order valence-electron chi connectivity index (χ1n) is 9.50. The van der Waals surface area contributed by atoms with Crippen molar-refractivity contribution in [3.63, 3.8) is 0 Å². The van der Waals surface area contributed by atoms with Crippen LogP contribution in [0.3, 0.4) is 0 Å². The Kier molecular flexibility index (Phi) is 5.76. The van der Waals surface area contributed by atoms with Gasteiger partial charge in [-0.1, -0.05) is 66.7 Å². The van der Waals surface area contributed by atoms with E-state index in [0.29, 0.717) is 13.0 Å². The second-order valence-electron chi connectivity index (χ2n) is 7.11. The Morgan fingerprint density at radius 1 is 0.897 bits per heavy atom. The van der Waals surface area contributed by atoms with Crippen LogP contribution >= 0.6 is 0 Å². The summed E-state index contributed by atoms with van der Waals surface area (Å²) in [6, 6.07) is 22.4. The fourth-order valence-electron chi connectivity index (χ4n) is 3.65. The molecule has 6 heteroatoms. The third-order valence-electron chi connectivity index (χ3n) is 5.16. The van der Waals surface area contributed by atoms with Crippen LogP contribution in [0.15, 0.2) is 83.8 Å². The van der Waals surface area contributed by atoms with Crippen LogP contribution in [0.2, 0.25) is 0 Å². The molecule has 3 aromatic rings. The van der Waals surface area contributed by atoms with Gasteiger partial charge in [-0.15, -0.1) is 0 Å². The number of benzene rings is 3. The Balaban J connectivity index is 1.78. The van der Waals surface area contributed by atoms with Gasteiger partial charge >= 0.3 is 0 Å². The van der Waals surface area contributed by atoms with E-state index in [1.165, 1.54) is 28.6 Å². The largest absolute Gasteiger partial charge is 0.375 e. The van der Waals surface area contributed by atoms with Gasteiger partial charge in [-0.3, -0.25) is 0 Å². The van der Waals surface area contributed by atoms with Gasteiger partial charge in [0.25, 0.3) is 0 Å². The van der Waals surface area contributed by atoms with Crippen LogP contribution in [0.25, 0.3) is 0 Å². The molecule has 0 spiro atoms. The van der Waals surface area contributed by atoms with Crippen molar-refractivity contribution in [2.24, 2.45) is 0 Å². The summed E-state index contributed by atoms with van der Waals surface area (Å²) in [6.07, 6.45) is 0.483. The highest BCUT2D eigenvalue weighted by Crippen LogP contribution is 2.28. The summed E-state index contributed by atoms with van der Waals surface area (Å²) < 4.78 is 48.7. The molecule has 1 aliphatic heterocycles. The fraction of sp³-hybridized carbons (Fsp3) is 0.217. The van der Waals surface area contributed by atoms with Crippen LogP contribution in [-0.2, 0) is 34.3 Å². The van der Waals surface area contributed by atoms with Gasteiger partial charge in [0, 0.05) is 6.54 Å². The summed E-state index contributed by atoms with van der Waals surface area (Å²) in [7, 11) is -4.07. The second kappa shape index (κ2) is 8.45. The van der Waals surface area contributed by atoms with Crippen molar-refractivity contribution in [2.45, 2.75) is 30.5 Å². The van der Waals surface area contributed by atoms with Gasteiger partial charge in [-0.05, 0) is 35.2 Å². The molecule has 0 aliphatic carbocycles. The SMILES string of the molecule is O=S(=O)(c1ccccc1F)N1Cc2ccccc2COCC1Cc1ccccc1. The molecular weight excluding hydrogens is 389 g/mol. The quantitative estimate of drug-likeness (QED) is 0.648. The third kappa shape index (κ3) is 4.24. The average Bonchev–Trinajstić information content (AvgIpc) is 2.71. The van der Waals surface area contributed by atoms with Crippen LogP contribution in [0.1, 0.15) is 16.7 Å². The van der Waals surface area contributed by atoms with Crippen molar-refractivity contribution in [3.05, 3.63) is 101 Å². The van der Waals surface area contributed by atoms with Crippen molar-refractivity contribution < 1.29 is 17.5 Å². The molecular formula is C23H22FNO3S. The van der Waals surface area contributed by atoms with E-state index in [0.717, 1.165) is 16.7 Å². The molecule has 4 rings (SSSR count). The molecule has 1 heterocycles. The van der Waals surface area contributed by atoms with E-state index < -0.39 is 21.9 Å². The first-order chi connectivity index (χ1) is 14.1. The number of halogens is 1. The smallest absolute Gasteiger partial charge is 0.246 e. The lowest BCUT2D eigenvalue weighted by Crippen LogP contribution is -2.45. The molecule has 4 nitrogen and oxygen atoms in total. The summed E-state index contributed by atoms with van der Waals surface area (Å²) in [5.41, 5.74) is 2.81. The predicted molar refractivity (Wildman–Crippen MR) is 109 cm³/mol. The molecule has 0 aromatic heterocycles. The summed E-state index contributed by atoms with van der Waals surface area (Å²) >= 11 is 0. The van der Waals surface area contributed by atoms with E-state index in [4.69, 9.17) is 4.74 Å². The molecule has 1 atom stereocenters. The second-order valence-corrected chi connectivity index (χ2v) is 8.97. The maximum atomic E-state index is 14.4. The lowest BCUT2D eigenvalue weighted by atomic mass is 10.0. The molecule has 1 unspecified atom stereocenters. The Labute approximate surface area is 170 Å². The normalized spacial score (nSPS) is 17.9. The molecule has 29 heavy (non-hydrogen) atoms. The Morgan fingerprint density at radius 3 is 2.31 bits per heavy atom. The molecule has 3 aromatic carbocycles. The number of hydrogen-bond donors (Lipinski definition) is 0.